The Hall–Kier alpha value is -2.98. The van der Waals surface area contributed by atoms with Crippen molar-refractivity contribution in [3.8, 4) is 11.5 Å². The quantitative estimate of drug-likeness (QED) is 0.290. The van der Waals surface area contributed by atoms with E-state index in [0.29, 0.717) is 30.2 Å². The molecule has 0 radical (unpaired) electrons. The summed E-state index contributed by atoms with van der Waals surface area (Å²) >= 11 is 6.22. The van der Waals surface area contributed by atoms with Crippen molar-refractivity contribution in [2.24, 2.45) is 0 Å². The Morgan fingerprint density at radius 1 is 1.05 bits per heavy atom. The Kier molecular flexibility index (Phi) is 12.9. The molecule has 0 aromatic heterocycles. The third-order valence-electron chi connectivity index (χ3n) is 6.28. The Morgan fingerprint density at radius 2 is 1.79 bits per heavy atom. The number of hydrogen-bond acceptors (Lipinski definition) is 6. The second kappa shape index (κ2) is 15.6. The van der Waals surface area contributed by atoms with Crippen LogP contribution in [0.2, 0.25) is 5.02 Å². The number of amides is 2. The van der Waals surface area contributed by atoms with Crippen molar-refractivity contribution in [3.05, 3.63) is 53.1 Å². The number of rotatable bonds is 16. The van der Waals surface area contributed by atoms with Gasteiger partial charge in [0.25, 0.3) is 0 Å². The van der Waals surface area contributed by atoms with Crippen molar-refractivity contribution >= 4 is 39.1 Å². The van der Waals surface area contributed by atoms with E-state index < -0.39 is 16.1 Å². The van der Waals surface area contributed by atoms with Gasteiger partial charge >= 0.3 is 0 Å². The van der Waals surface area contributed by atoms with Gasteiger partial charge in [-0.3, -0.25) is 13.9 Å². The predicted molar refractivity (Wildman–Crippen MR) is 155 cm³/mol. The van der Waals surface area contributed by atoms with E-state index in [2.05, 4.69) is 5.32 Å². The fourth-order valence-electron chi connectivity index (χ4n) is 4.21. The van der Waals surface area contributed by atoms with Crippen molar-refractivity contribution in [1.82, 2.24) is 10.2 Å². The lowest BCUT2D eigenvalue weighted by Crippen LogP contribution is -2.49. The fourth-order valence-corrected chi connectivity index (χ4v) is 5.42. The van der Waals surface area contributed by atoms with E-state index in [9.17, 15) is 18.0 Å². The number of sulfonamides is 1. The molecule has 1 N–H and O–H groups in total. The van der Waals surface area contributed by atoms with Crippen molar-refractivity contribution in [1.29, 1.82) is 0 Å². The average Bonchev–Trinajstić information content (AvgIpc) is 2.90. The number of ether oxygens (including phenoxy) is 2. The first-order valence-electron chi connectivity index (χ1n) is 13.1. The lowest BCUT2D eigenvalue weighted by molar-refractivity contribution is -0.141. The number of anilines is 1. The minimum absolute atomic E-state index is 0.0542. The molecule has 0 fully saturated rings. The lowest BCUT2D eigenvalue weighted by atomic mass is 10.1. The van der Waals surface area contributed by atoms with Crippen LogP contribution in [0.15, 0.2) is 42.5 Å². The van der Waals surface area contributed by atoms with Crippen LogP contribution >= 0.6 is 11.6 Å². The molecule has 2 rings (SSSR count). The Balaban J connectivity index is 2.24. The molecule has 1 atom stereocenters. The van der Waals surface area contributed by atoms with Crippen molar-refractivity contribution < 1.29 is 27.5 Å². The zero-order chi connectivity index (χ0) is 29.0. The van der Waals surface area contributed by atoms with E-state index in [1.54, 1.807) is 24.1 Å². The monoisotopic (exact) mass is 581 g/mol. The first kappa shape index (κ1) is 32.2. The van der Waals surface area contributed by atoms with Crippen molar-refractivity contribution in [2.75, 3.05) is 37.9 Å². The number of benzene rings is 2. The van der Waals surface area contributed by atoms with E-state index >= 15 is 0 Å². The highest BCUT2D eigenvalue weighted by atomic mass is 35.5. The van der Waals surface area contributed by atoms with Crippen LogP contribution in [0.1, 0.15) is 51.5 Å². The van der Waals surface area contributed by atoms with Gasteiger partial charge in [0, 0.05) is 26.1 Å². The summed E-state index contributed by atoms with van der Waals surface area (Å²) in [6.45, 7) is 4.75. The van der Waals surface area contributed by atoms with Gasteiger partial charge in [0.05, 0.1) is 31.2 Å². The number of carbonyl (C=O) groups is 2. The van der Waals surface area contributed by atoms with Gasteiger partial charge in [-0.05, 0) is 55.2 Å². The molecular formula is C28H40ClN3O6S. The lowest BCUT2D eigenvalue weighted by Gasteiger charge is -2.31. The third kappa shape index (κ3) is 9.61. The van der Waals surface area contributed by atoms with E-state index in [0.717, 1.165) is 24.7 Å². The van der Waals surface area contributed by atoms with Crippen LogP contribution in [0.25, 0.3) is 0 Å². The second-order valence-corrected chi connectivity index (χ2v) is 11.5. The molecule has 0 spiro atoms. The summed E-state index contributed by atoms with van der Waals surface area (Å²) in [6, 6.07) is 11.4. The summed E-state index contributed by atoms with van der Waals surface area (Å²) in [5.41, 5.74) is 1.21. The molecule has 2 aromatic carbocycles. The molecule has 0 saturated carbocycles. The fraction of sp³-hybridized carbons (Fsp3) is 0.500. The zero-order valence-corrected chi connectivity index (χ0v) is 25.0. The molecule has 0 aliphatic heterocycles. The highest BCUT2D eigenvalue weighted by molar-refractivity contribution is 7.92. The molecular weight excluding hydrogens is 542 g/mol. The molecule has 2 amide bonds. The molecule has 0 aliphatic rings. The molecule has 0 aliphatic carbocycles. The van der Waals surface area contributed by atoms with Gasteiger partial charge in [0.15, 0.2) is 0 Å². The van der Waals surface area contributed by atoms with E-state index in [4.69, 9.17) is 21.1 Å². The molecule has 9 nitrogen and oxygen atoms in total. The normalized spacial score (nSPS) is 11.9. The highest BCUT2D eigenvalue weighted by Gasteiger charge is 2.29. The maximum absolute atomic E-state index is 13.6. The third-order valence-corrected chi connectivity index (χ3v) is 7.77. The van der Waals surface area contributed by atoms with Crippen LogP contribution in [0.4, 0.5) is 5.69 Å². The van der Waals surface area contributed by atoms with E-state index in [1.165, 1.54) is 17.5 Å². The molecule has 1 unspecified atom stereocenters. The van der Waals surface area contributed by atoms with Gasteiger partial charge in [0.1, 0.15) is 17.5 Å². The Morgan fingerprint density at radius 3 is 2.38 bits per heavy atom. The zero-order valence-electron chi connectivity index (χ0n) is 23.4. The number of nitrogens with one attached hydrogen (secondary N) is 1. The molecule has 0 bridgehead atoms. The molecule has 39 heavy (non-hydrogen) atoms. The van der Waals surface area contributed by atoms with Crippen molar-refractivity contribution in [2.45, 2.75) is 58.5 Å². The maximum atomic E-state index is 13.6. The first-order valence-corrected chi connectivity index (χ1v) is 15.3. The molecule has 0 saturated heterocycles. The summed E-state index contributed by atoms with van der Waals surface area (Å²) in [5, 5.41) is 3.22. The summed E-state index contributed by atoms with van der Waals surface area (Å²) in [5.74, 6) is 0.645. The van der Waals surface area contributed by atoms with Gasteiger partial charge in [-0.2, -0.15) is 0 Å². The number of carbonyl (C=O) groups excluding carboxylic acids is 2. The summed E-state index contributed by atoms with van der Waals surface area (Å²) < 4.78 is 36.8. The molecule has 0 heterocycles. The van der Waals surface area contributed by atoms with Crippen LogP contribution < -0.4 is 19.1 Å². The number of methoxy groups -OCH3 is 2. The number of hydrogen-bond donors (Lipinski definition) is 1. The van der Waals surface area contributed by atoms with Crippen LogP contribution in [0, 0.1) is 0 Å². The standard InChI is InChI=1S/C28H40ClN3O6S/c1-6-8-16-30-28(34)25(7-2)31(20-21-11-9-12-23(18-21)37-3)27(33)13-10-17-32(39(5,35)36)22-14-15-26(38-4)24(29)19-22/h9,11-12,14-15,18-19,25H,6-8,10,13,16-17,20H2,1-5H3,(H,30,34). The highest BCUT2D eigenvalue weighted by Crippen LogP contribution is 2.30. The van der Waals surface area contributed by atoms with Gasteiger partial charge < -0.3 is 19.7 Å². The maximum Gasteiger partial charge on any atom is 0.242 e. The van der Waals surface area contributed by atoms with Gasteiger partial charge in [-0.1, -0.05) is 44.0 Å². The molecule has 2 aromatic rings. The second-order valence-electron chi connectivity index (χ2n) is 9.20. The van der Waals surface area contributed by atoms with Crippen LogP contribution in [0.3, 0.4) is 0 Å². The molecule has 216 valence electrons. The number of halogens is 1. The number of unbranched alkanes of at least 4 members (excludes halogenated alkanes) is 1. The number of nitrogens with zero attached hydrogens (tertiary/aromatic N) is 2. The van der Waals surface area contributed by atoms with Crippen LogP contribution in [-0.4, -0.2) is 64.7 Å². The van der Waals surface area contributed by atoms with Crippen molar-refractivity contribution in [3.63, 3.8) is 0 Å². The molecule has 11 heteroatoms. The largest absolute Gasteiger partial charge is 0.497 e. The Labute approximate surface area is 237 Å². The van der Waals surface area contributed by atoms with E-state index in [-0.39, 0.29) is 42.8 Å². The minimum Gasteiger partial charge on any atom is -0.497 e. The van der Waals surface area contributed by atoms with Crippen LogP contribution in [-0.2, 0) is 26.2 Å². The summed E-state index contributed by atoms with van der Waals surface area (Å²) in [7, 11) is -0.596. The Bertz CT molecular complexity index is 1210. The first-order chi connectivity index (χ1) is 18.5. The van der Waals surface area contributed by atoms with Gasteiger partial charge in [-0.15, -0.1) is 0 Å². The predicted octanol–water partition coefficient (Wildman–Crippen LogP) is 4.63. The van der Waals surface area contributed by atoms with E-state index in [1.807, 2.05) is 38.1 Å². The summed E-state index contributed by atoms with van der Waals surface area (Å²) in [4.78, 5) is 28.2. The SMILES string of the molecule is CCCCNC(=O)C(CC)N(Cc1cccc(OC)c1)C(=O)CCCN(c1ccc(OC)c(Cl)c1)S(C)(=O)=O. The van der Waals surface area contributed by atoms with Gasteiger partial charge in [0.2, 0.25) is 21.8 Å². The average molecular weight is 582 g/mol. The topological polar surface area (TPSA) is 105 Å². The van der Waals surface area contributed by atoms with Crippen LogP contribution in [0.5, 0.6) is 11.5 Å². The summed E-state index contributed by atoms with van der Waals surface area (Å²) in [6.07, 6.45) is 3.64. The minimum atomic E-state index is -3.65. The smallest absolute Gasteiger partial charge is 0.242 e. The van der Waals surface area contributed by atoms with Gasteiger partial charge in [-0.25, -0.2) is 8.42 Å².